The number of nitrogens with one attached hydrogen (secondary N) is 3. The molecule has 27 heavy (non-hydrogen) atoms. The lowest BCUT2D eigenvalue weighted by Crippen LogP contribution is -2.51. The highest BCUT2D eigenvalue weighted by Crippen LogP contribution is 2.10. The van der Waals surface area contributed by atoms with Gasteiger partial charge in [0.2, 0.25) is 0 Å². The van der Waals surface area contributed by atoms with Gasteiger partial charge in [0.05, 0.1) is 24.1 Å². The Bertz CT molecular complexity index is 837. The van der Waals surface area contributed by atoms with E-state index in [1.807, 2.05) is 32.0 Å². The van der Waals surface area contributed by atoms with Crippen LogP contribution in [-0.4, -0.2) is 65.7 Å². The van der Waals surface area contributed by atoms with Crippen LogP contribution in [0.4, 0.5) is 0 Å². The summed E-state index contributed by atoms with van der Waals surface area (Å²) in [7, 11) is 0. The van der Waals surface area contributed by atoms with Crippen LogP contribution in [-0.2, 0) is 16.1 Å². The third-order valence-electron chi connectivity index (χ3n) is 4.61. The van der Waals surface area contributed by atoms with E-state index in [1.54, 1.807) is 6.07 Å². The molecule has 0 bridgehead atoms. The van der Waals surface area contributed by atoms with E-state index in [4.69, 9.17) is 4.74 Å². The minimum absolute atomic E-state index is 0.107. The smallest absolute Gasteiger partial charge is 0.258 e. The molecule has 0 radical (unpaired) electrons. The van der Waals surface area contributed by atoms with E-state index >= 15 is 0 Å². The number of H-pyrrole nitrogens is 1. The summed E-state index contributed by atoms with van der Waals surface area (Å²) >= 11 is 0. The van der Waals surface area contributed by atoms with Crippen LogP contribution in [0, 0.1) is 0 Å². The van der Waals surface area contributed by atoms with Crippen molar-refractivity contribution in [1.82, 2.24) is 25.5 Å². The Morgan fingerprint density at radius 2 is 2.26 bits per heavy atom. The van der Waals surface area contributed by atoms with Gasteiger partial charge in [0, 0.05) is 25.7 Å². The molecule has 1 aliphatic heterocycles. The summed E-state index contributed by atoms with van der Waals surface area (Å²) in [6.07, 6.45) is -0.514. The van der Waals surface area contributed by atoms with Crippen molar-refractivity contribution in [1.29, 1.82) is 0 Å². The molecule has 0 aliphatic carbocycles. The average Bonchev–Trinajstić information content (AvgIpc) is 2.66. The van der Waals surface area contributed by atoms with E-state index in [-0.39, 0.29) is 17.5 Å². The summed E-state index contributed by atoms with van der Waals surface area (Å²) in [6.45, 7) is 7.59. The van der Waals surface area contributed by atoms with Crippen LogP contribution in [0.5, 0.6) is 0 Å². The Kier molecular flexibility index (Phi) is 6.54. The van der Waals surface area contributed by atoms with Crippen LogP contribution >= 0.6 is 0 Å². The monoisotopic (exact) mass is 373 g/mol. The number of amides is 1. The molecule has 2 heterocycles. The van der Waals surface area contributed by atoms with E-state index < -0.39 is 6.10 Å². The molecule has 2 aromatic rings. The van der Waals surface area contributed by atoms with Gasteiger partial charge in [-0.25, -0.2) is 4.98 Å². The van der Waals surface area contributed by atoms with Crippen molar-refractivity contribution < 1.29 is 9.53 Å². The van der Waals surface area contributed by atoms with Crippen molar-refractivity contribution >= 4 is 16.8 Å². The summed E-state index contributed by atoms with van der Waals surface area (Å²) in [5.41, 5.74) is 0.534. The van der Waals surface area contributed by atoms with Crippen LogP contribution in [0.3, 0.4) is 0 Å². The van der Waals surface area contributed by atoms with E-state index in [1.165, 1.54) is 0 Å². The second-order valence-electron chi connectivity index (χ2n) is 6.83. The second-order valence-corrected chi connectivity index (χ2v) is 6.83. The van der Waals surface area contributed by atoms with Crippen LogP contribution in [0.25, 0.3) is 10.9 Å². The van der Waals surface area contributed by atoms with Gasteiger partial charge < -0.3 is 20.4 Å². The topological polar surface area (TPSA) is 99.4 Å². The molecule has 2 atom stereocenters. The van der Waals surface area contributed by atoms with Gasteiger partial charge in [0.1, 0.15) is 11.9 Å². The van der Waals surface area contributed by atoms with Crippen LogP contribution < -0.4 is 16.2 Å². The van der Waals surface area contributed by atoms with E-state index in [2.05, 4.69) is 25.5 Å². The molecule has 1 fully saturated rings. The van der Waals surface area contributed by atoms with Crippen LogP contribution in [0.2, 0.25) is 0 Å². The molecule has 8 nitrogen and oxygen atoms in total. The van der Waals surface area contributed by atoms with Gasteiger partial charge in [0.25, 0.3) is 11.5 Å². The minimum Gasteiger partial charge on any atom is -0.366 e. The van der Waals surface area contributed by atoms with Gasteiger partial charge in [-0.3, -0.25) is 14.5 Å². The Hall–Kier alpha value is -2.29. The van der Waals surface area contributed by atoms with Gasteiger partial charge >= 0.3 is 0 Å². The number of aromatic nitrogens is 2. The number of ether oxygens (including phenoxy) is 1. The van der Waals surface area contributed by atoms with Gasteiger partial charge in [-0.2, -0.15) is 0 Å². The van der Waals surface area contributed by atoms with Crippen molar-refractivity contribution in [3.05, 3.63) is 40.4 Å². The first-order chi connectivity index (χ1) is 13.1. The number of fused-ring (bicyclic) bond motifs is 1. The quantitative estimate of drug-likeness (QED) is 0.643. The number of aromatic amines is 1. The summed E-state index contributed by atoms with van der Waals surface area (Å²) in [6, 6.07) is 7.48. The second kappa shape index (κ2) is 9.07. The van der Waals surface area contributed by atoms with Gasteiger partial charge in [-0.15, -0.1) is 0 Å². The highest BCUT2D eigenvalue weighted by atomic mass is 16.5. The highest BCUT2D eigenvalue weighted by molar-refractivity contribution is 5.81. The van der Waals surface area contributed by atoms with E-state index in [0.29, 0.717) is 49.5 Å². The highest BCUT2D eigenvalue weighted by Gasteiger charge is 2.27. The van der Waals surface area contributed by atoms with Crippen molar-refractivity contribution in [2.45, 2.75) is 32.5 Å². The first kappa shape index (κ1) is 19.5. The third-order valence-corrected chi connectivity index (χ3v) is 4.61. The van der Waals surface area contributed by atoms with Gasteiger partial charge in [-0.05, 0) is 25.6 Å². The zero-order chi connectivity index (χ0) is 19.2. The number of morpholine rings is 1. The number of hydrogen-bond donors (Lipinski definition) is 3. The number of carbonyl (C=O) groups is 1. The van der Waals surface area contributed by atoms with E-state index in [9.17, 15) is 9.59 Å². The maximum Gasteiger partial charge on any atom is 0.258 e. The molecule has 0 saturated carbocycles. The summed E-state index contributed by atoms with van der Waals surface area (Å²) in [5, 5.41) is 6.76. The Balaban J connectivity index is 1.60. The lowest BCUT2D eigenvalue weighted by Gasteiger charge is -2.32. The zero-order valence-corrected chi connectivity index (χ0v) is 15.8. The molecular formula is C19H27N5O3. The molecule has 1 aromatic carbocycles. The molecule has 1 aliphatic rings. The van der Waals surface area contributed by atoms with Gasteiger partial charge in [0.15, 0.2) is 0 Å². The fraction of sp³-hybridized carbons (Fsp3) is 0.526. The van der Waals surface area contributed by atoms with Crippen LogP contribution in [0.1, 0.15) is 19.7 Å². The number of benzene rings is 1. The van der Waals surface area contributed by atoms with Gasteiger partial charge in [-0.1, -0.05) is 19.1 Å². The molecule has 1 amide bonds. The number of likely N-dealkylation sites (N-methyl/N-ethyl adjacent to an activating group) is 1. The van der Waals surface area contributed by atoms with Crippen molar-refractivity contribution in [3.63, 3.8) is 0 Å². The fourth-order valence-electron chi connectivity index (χ4n) is 3.21. The maximum absolute atomic E-state index is 12.4. The number of carbonyl (C=O) groups excluding carboxylic acids is 1. The Morgan fingerprint density at radius 1 is 1.44 bits per heavy atom. The molecular weight excluding hydrogens is 346 g/mol. The lowest BCUT2D eigenvalue weighted by molar-refractivity contribution is -0.138. The number of rotatable bonds is 7. The first-order valence-electron chi connectivity index (χ1n) is 9.39. The van der Waals surface area contributed by atoms with Crippen molar-refractivity contribution in [2.24, 2.45) is 0 Å². The third kappa shape index (κ3) is 5.12. The molecule has 1 unspecified atom stereocenters. The minimum atomic E-state index is -0.514. The SMILES string of the molecule is CCN[C@H](C)CNC(=O)C1CN(Cc2nc3ccccc3c(=O)[nH]2)CCO1. The molecule has 146 valence electrons. The van der Waals surface area contributed by atoms with E-state index in [0.717, 1.165) is 6.54 Å². The number of hydrogen-bond acceptors (Lipinski definition) is 6. The Morgan fingerprint density at radius 3 is 3.07 bits per heavy atom. The average molecular weight is 373 g/mol. The summed E-state index contributed by atoms with van der Waals surface area (Å²) < 4.78 is 5.63. The standard InChI is InChI=1S/C19H27N5O3/c1-3-20-13(2)10-21-19(26)16-11-24(8-9-27-16)12-17-22-15-7-5-4-6-14(15)18(25)23-17/h4-7,13,16,20H,3,8-12H2,1-2H3,(H,21,26)(H,22,23,25)/t13-,16?/m1/s1. The van der Waals surface area contributed by atoms with Crippen molar-refractivity contribution in [2.75, 3.05) is 32.8 Å². The maximum atomic E-state index is 12.4. The molecule has 8 heteroatoms. The number of para-hydroxylation sites is 1. The number of nitrogens with zero attached hydrogens (tertiary/aromatic N) is 2. The largest absolute Gasteiger partial charge is 0.366 e. The lowest BCUT2D eigenvalue weighted by atomic mass is 10.2. The summed E-state index contributed by atoms with van der Waals surface area (Å²) in [4.78, 5) is 34.0. The molecule has 0 spiro atoms. The molecule has 1 saturated heterocycles. The molecule has 3 N–H and O–H groups in total. The first-order valence-corrected chi connectivity index (χ1v) is 9.39. The zero-order valence-electron chi connectivity index (χ0n) is 15.8. The predicted octanol–water partition coefficient (Wildman–Crippen LogP) is 0.238. The van der Waals surface area contributed by atoms with Crippen molar-refractivity contribution in [3.8, 4) is 0 Å². The molecule has 1 aromatic heterocycles. The predicted molar refractivity (Wildman–Crippen MR) is 104 cm³/mol. The normalized spacial score (nSPS) is 19.1. The summed E-state index contributed by atoms with van der Waals surface area (Å²) in [5.74, 6) is 0.491. The molecule has 3 rings (SSSR count). The fourth-order valence-corrected chi connectivity index (χ4v) is 3.21. The van der Waals surface area contributed by atoms with Crippen LogP contribution in [0.15, 0.2) is 29.1 Å². The Labute approximate surface area is 158 Å².